The van der Waals surface area contributed by atoms with Crippen LogP contribution in [0.1, 0.15) is 23.6 Å². The smallest absolute Gasteiger partial charge is 0.269 e. The largest absolute Gasteiger partial charge is 0.321 e. The van der Waals surface area contributed by atoms with E-state index in [0.717, 1.165) is 32.1 Å². The first kappa shape index (κ1) is 20.1. The standard InChI is InChI=1S/C24H17BrN4O3/c25-16-9-10-19-18(12-16)22(14-5-2-1-3-6-14)23(24(30)26-19)21-13-20(27-28-21)15-7-4-8-17(11-15)29(31)32/h1-12,20,27H,13H2,(H,26,30)/t20-/m1/s1. The minimum absolute atomic E-state index is 0.0242. The van der Waals surface area contributed by atoms with E-state index in [1.54, 1.807) is 6.07 Å². The van der Waals surface area contributed by atoms with Gasteiger partial charge in [-0.1, -0.05) is 58.4 Å². The van der Waals surface area contributed by atoms with E-state index in [9.17, 15) is 14.9 Å². The van der Waals surface area contributed by atoms with Crippen molar-refractivity contribution in [1.82, 2.24) is 10.4 Å². The monoisotopic (exact) mass is 488 g/mol. The molecule has 8 heteroatoms. The maximum absolute atomic E-state index is 13.2. The van der Waals surface area contributed by atoms with E-state index >= 15 is 0 Å². The first-order valence-corrected chi connectivity index (χ1v) is 10.8. The minimum Gasteiger partial charge on any atom is -0.321 e. The lowest BCUT2D eigenvalue weighted by Gasteiger charge is -2.14. The third-order valence-electron chi connectivity index (χ3n) is 5.56. The Labute approximate surface area is 191 Å². The summed E-state index contributed by atoms with van der Waals surface area (Å²) in [7, 11) is 0. The number of aromatic nitrogens is 1. The molecule has 0 spiro atoms. The summed E-state index contributed by atoms with van der Waals surface area (Å²) in [5.74, 6) is 0. The Balaban J connectivity index is 1.64. The first-order chi connectivity index (χ1) is 15.5. The Morgan fingerprint density at radius 1 is 1.00 bits per heavy atom. The zero-order valence-electron chi connectivity index (χ0n) is 16.7. The molecule has 3 aromatic carbocycles. The van der Waals surface area contributed by atoms with Gasteiger partial charge in [-0.25, -0.2) is 0 Å². The number of non-ortho nitro benzene ring substituents is 1. The maximum Gasteiger partial charge on any atom is 0.269 e. The zero-order chi connectivity index (χ0) is 22.2. The van der Waals surface area contributed by atoms with E-state index in [2.05, 4.69) is 31.4 Å². The third-order valence-corrected chi connectivity index (χ3v) is 6.06. The summed E-state index contributed by atoms with van der Waals surface area (Å²) < 4.78 is 0.904. The summed E-state index contributed by atoms with van der Waals surface area (Å²) in [5, 5.41) is 16.5. The molecule has 7 nitrogen and oxygen atoms in total. The van der Waals surface area contributed by atoms with Gasteiger partial charge in [0, 0.05) is 39.5 Å². The number of H-pyrrole nitrogens is 1. The predicted octanol–water partition coefficient (Wildman–Crippen LogP) is 5.30. The Kier molecular flexibility index (Phi) is 5.07. The van der Waals surface area contributed by atoms with Crippen molar-refractivity contribution in [2.75, 3.05) is 0 Å². The maximum atomic E-state index is 13.2. The molecule has 0 unspecified atom stereocenters. The fraction of sp³-hybridized carbons (Fsp3) is 0.0833. The molecule has 2 N–H and O–H groups in total. The summed E-state index contributed by atoms with van der Waals surface area (Å²) in [6, 6.07) is 21.7. The number of pyridine rings is 1. The van der Waals surface area contributed by atoms with E-state index in [1.807, 2.05) is 54.6 Å². The highest BCUT2D eigenvalue weighted by Gasteiger charge is 2.27. The second-order valence-corrected chi connectivity index (χ2v) is 8.47. The van der Waals surface area contributed by atoms with Gasteiger partial charge >= 0.3 is 0 Å². The van der Waals surface area contributed by atoms with E-state index in [-0.39, 0.29) is 17.3 Å². The summed E-state index contributed by atoms with van der Waals surface area (Å²) in [6.07, 6.45) is 0.434. The molecule has 1 aromatic heterocycles. The van der Waals surface area contributed by atoms with Gasteiger partial charge in [0.1, 0.15) is 0 Å². The third kappa shape index (κ3) is 3.58. The van der Waals surface area contributed by atoms with Crippen molar-refractivity contribution in [2.24, 2.45) is 5.10 Å². The van der Waals surface area contributed by atoms with Crippen LogP contribution in [0.5, 0.6) is 0 Å². The SMILES string of the molecule is O=c1[nH]c2ccc(Br)cc2c(-c2ccccc2)c1C1=NN[C@@H](c2cccc([N+](=O)[O-])c2)C1. The van der Waals surface area contributed by atoms with Gasteiger partial charge in [-0.3, -0.25) is 14.9 Å². The van der Waals surface area contributed by atoms with Crippen molar-refractivity contribution in [3.63, 3.8) is 0 Å². The lowest BCUT2D eigenvalue weighted by Crippen LogP contribution is -2.20. The minimum atomic E-state index is -0.417. The van der Waals surface area contributed by atoms with Gasteiger partial charge in [-0.2, -0.15) is 5.10 Å². The van der Waals surface area contributed by atoms with Gasteiger partial charge in [-0.05, 0) is 29.3 Å². The van der Waals surface area contributed by atoms with Crippen molar-refractivity contribution in [2.45, 2.75) is 12.5 Å². The summed E-state index contributed by atoms with van der Waals surface area (Å²) in [5.41, 5.74) is 7.19. The van der Waals surface area contributed by atoms with E-state index in [1.165, 1.54) is 12.1 Å². The van der Waals surface area contributed by atoms with Crippen molar-refractivity contribution >= 4 is 38.2 Å². The zero-order valence-corrected chi connectivity index (χ0v) is 18.3. The van der Waals surface area contributed by atoms with Crippen molar-refractivity contribution in [3.05, 3.63) is 109 Å². The molecule has 0 aliphatic carbocycles. The van der Waals surface area contributed by atoms with Crippen LogP contribution in [0.2, 0.25) is 0 Å². The molecular formula is C24H17BrN4O3. The Bertz CT molecular complexity index is 1450. The second kappa shape index (κ2) is 8.05. The quantitative estimate of drug-likeness (QED) is 0.300. The molecule has 0 saturated carbocycles. The highest BCUT2D eigenvalue weighted by atomic mass is 79.9. The highest BCUT2D eigenvalue weighted by molar-refractivity contribution is 9.10. The number of hydrogen-bond acceptors (Lipinski definition) is 5. The molecule has 1 aliphatic rings. The van der Waals surface area contributed by atoms with Gasteiger partial charge in [0.15, 0.2) is 0 Å². The van der Waals surface area contributed by atoms with Crippen LogP contribution in [0, 0.1) is 10.1 Å². The topological polar surface area (TPSA) is 100 Å². The van der Waals surface area contributed by atoms with Crippen LogP contribution in [0.25, 0.3) is 22.0 Å². The second-order valence-electron chi connectivity index (χ2n) is 7.56. The molecule has 0 radical (unpaired) electrons. The molecule has 4 aromatic rings. The number of nitro benzene ring substituents is 1. The Morgan fingerprint density at radius 2 is 1.81 bits per heavy atom. The average molecular weight is 489 g/mol. The molecular weight excluding hydrogens is 472 g/mol. The summed E-state index contributed by atoms with van der Waals surface area (Å²) in [6.45, 7) is 0. The summed E-state index contributed by atoms with van der Waals surface area (Å²) in [4.78, 5) is 26.9. The highest BCUT2D eigenvalue weighted by Crippen LogP contribution is 2.34. The predicted molar refractivity (Wildman–Crippen MR) is 128 cm³/mol. The number of nitro groups is 1. The fourth-order valence-corrected chi connectivity index (χ4v) is 4.45. The molecule has 0 amide bonds. The molecule has 0 fully saturated rings. The summed E-state index contributed by atoms with van der Waals surface area (Å²) >= 11 is 3.53. The van der Waals surface area contributed by atoms with Gasteiger partial charge in [0.2, 0.25) is 0 Å². The van der Waals surface area contributed by atoms with Crippen molar-refractivity contribution < 1.29 is 4.92 Å². The number of nitrogens with zero attached hydrogens (tertiary/aromatic N) is 2. The molecule has 1 atom stereocenters. The van der Waals surface area contributed by atoms with E-state index in [4.69, 9.17) is 0 Å². The number of hydrogen-bond donors (Lipinski definition) is 2. The lowest BCUT2D eigenvalue weighted by atomic mass is 9.91. The van der Waals surface area contributed by atoms with Crippen LogP contribution in [0.15, 0.2) is 87.2 Å². The molecule has 0 bridgehead atoms. The van der Waals surface area contributed by atoms with E-state index in [0.29, 0.717) is 17.7 Å². The van der Waals surface area contributed by atoms with Crippen molar-refractivity contribution in [3.8, 4) is 11.1 Å². The van der Waals surface area contributed by atoms with Crippen LogP contribution in [-0.2, 0) is 0 Å². The number of benzene rings is 3. The van der Waals surface area contributed by atoms with Crippen LogP contribution in [0.4, 0.5) is 5.69 Å². The number of aromatic amines is 1. The average Bonchev–Trinajstić information content (AvgIpc) is 3.29. The number of hydrazone groups is 1. The van der Waals surface area contributed by atoms with Gasteiger partial charge in [-0.15, -0.1) is 0 Å². The number of fused-ring (bicyclic) bond motifs is 1. The van der Waals surface area contributed by atoms with Crippen LogP contribution in [0.3, 0.4) is 0 Å². The lowest BCUT2D eigenvalue weighted by molar-refractivity contribution is -0.384. The van der Waals surface area contributed by atoms with Crippen LogP contribution < -0.4 is 11.0 Å². The normalized spacial score (nSPS) is 15.4. The van der Waals surface area contributed by atoms with Crippen LogP contribution >= 0.6 is 15.9 Å². The van der Waals surface area contributed by atoms with E-state index < -0.39 is 4.92 Å². The number of nitrogens with one attached hydrogen (secondary N) is 2. The molecule has 2 heterocycles. The molecule has 32 heavy (non-hydrogen) atoms. The molecule has 1 aliphatic heterocycles. The Morgan fingerprint density at radius 3 is 2.59 bits per heavy atom. The van der Waals surface area contributed by atoms with Gasteiger partial charge in [0.05, 0.1) is 22.2 Å². The van der Waals surface area contributed by atoms with Crippen LogP contribution in [-0.4, -0.2) is 15.6 Å². The first-order valence-electron chi connectivity index (χ1n) is 9.99. The van der Waals surface area contributed by atoms with Gasteiger partial charge in [0.25, 0.3) is 11.2 Å². The Hall–Kier alpha value is -3.78. The van der Waals surface area contributed by atoms with Crippen molar-refractivity contribution in [1.29, 1.82) is 0 Å². The molecule has 5 rings (SSSR count). The number of rotatable bonds is 4. The van der Waals surface area contributed by atoms with Gasteiger partial charge < -0.3 is 10.4 Å². The number of halogens is 1. The fourth-order valence-electron chi connectivity index (χ4n) is 4.09. The molecule has 0 saturated heterocycles. The molecule has 158 valence electrons.